The Balaban J connectivity index is 1.88. The maximum atomic E-state index is 13.2. The number of hydrogen-bond donors (Lipinski definition) is 1. The number of nitrogens with zero attached hydrogens (tertiary/aromatic N) is 2. The molecule has 3 rings (SSSR count). The van der Waals surface area contributed by atoms with E-state index in [1.165, 1.54) is 29.2 Å². The number of alkyl halides is 3. The molecule has 12 heteroatoms. The van der Waals surface area contributed by atoms with Gasteiger partial charge < -0.3 is 5.32 Å². The fourth-order valence-corrected chi connectivity index (χ4v) is 4.83. The highest BCUT2D eigenvalue weighted by molar-refractivity contribution is 8.15. The summed E-state index contributed by atoms with van der Waals surface area (Å²) < 4.78 is 39.5. The lowest BCUT2D eigenvalue weighted by atomic mass is 10.2. The third-order valence-electron chi connectivity index (χ3n) is 4.36. The van der Waals surface area contributed by atoms with Crippen LogP contribution < -0.4 is 5.32 Å². The van der Waals surface area contributed by atoms with Gasteiger partial charge in [0.05, 0.1) is 16.3 Å². The monoisotopic (exact) mass is 523 g/mol. The second-order valence-corrected chi connectivity index (χ2v) is 9.10. The van der Waals surface area contributed by atoms with Gasteiger partial charge in [0.1, 0.15) is 5.25 Å². The molecule has 1 heterocycles. The van der Waals surface area contributed by atoms with Crippen LogP contribution in [0.3, 0.4) is 0 Å². The van der Waals surface area contributed by atoms with Crippen LogP contribution >= 0.6 is 46.6 Å². The number of aliphatic imine (C=N–C) groups is 1. The quantitative estimate of drug-likeness (QED) is 0.487. The Kier molecular flexibility index (Phi) is 7.65. The summed E-state index contributed by atoms with van der Waals surface area (Å²) in [5.74, 6) is -0.864. The minimum atomic E-state index is -4.66. The molecule has 0 bridgehead atoms. The SMILES string of the molecule is CCN1C(=O)CC(C(=O)Nc2cc(Cl)cc(Cl)c2)SC1=Nc1ccc(Cl)c(C(F)(F)F)c1. The van der Waals surface area contributed by atoms with Crippen molar-refractivity contribution in [2.75, 3.05) is 11.9 Å². The molecule has 1 atom stereocenters. The zero-order valence-electron chi connectivity index (χ0n) is 16.3. The van der Waals surface area contributed by atoms with Gasteiger partial charge in [-0.05, 0) is 43.3 Å². The Labute approximate surface area is 200 Å². The van der Waals surface area contributed by atoms with E-state index in [0.29, 0.717) is 15.7 Å². The van der Waals surface area contributed by atoms with Crippen molar-refractivity contribution in [1.82, 2.24) is 4.90 Å². The number of benzene rings is 2. The predicted octanol–water partition coefficient (Wildman–Crippen LogP) is 6.65. The van der Waals surface area contributed by atoms with E-state index < -0.39 is 27.9 Å². The summed E-state index contributed by atoms with van der Waals surface area (Å²) in [7, 11) is 0. The van der Waals surface area contributed by atoms with Gasteiger partial charge in [-0.15, -0.1) is 0 Å². The highest BCUT2D eigenvalue weighted by Crippen LogP contribution is 2.38. The normalized spacial score (nSPS) is 18.2. The molecule has 32 heavy (non-hydrogen) atoms. The first-order valence-electron chi connectivity index (χ1n) is 9.17. The number of halogens is 6. The van der Waals surface area contributed by atoms with Gasteiger partial charge in [0, 0.05) is 28.7 Å². The molecule has 1 aliphatic heterocycles. The van der Waals surface area contributed by atoms with Crippen LogP contribution in [0.25, 0.3) is 0 Å². The molecule has 1 unspecified atom stereocenters. The van der Waals surface area contributed by atoms with E-state index in [1.54, 1.807) is 6.92 Å². The van der Waals surface area contributed by atoms with Crippen LogP contribution in [0, 0.1) is 0 Å². The summed E-state index contributed by atoms with van der Waals surface area (Å²) >= 11 is 18.5. The number of amidine groups is 1. The molecule has 2 aromatic carbocycles. The largest absolute Gasteiger partial charge is 0.417 e. The average molecular weight is 525 g/mol. The first-order chi connectivity index (χ1) is 15.0. The first-order valence-corrected chi connectivity index (χ1v) is 11.2. The lowest BCUT2D eigenvalue weighted by Gasteiger charge is -2.31. The molecule has 2 amide bonds. The van der Waals surface area contributed by atoms with Gasteiger partial charge in [-0.1, -0.05) is 46.6 Å². The number of anilines is 1. The molecular weight excluding hydrogens is 510 g/mol. The maximum Gasteiger partial charge on any atom is 0.417 e. The zero-order valence-corrected chi connectivity index (χ0v) is 19.4. The molecule has 2 aromatic rings. The smallest absolute Gasteiger partial charge is 0.325 e. The highest BCUT2D eigenvalue weighted by Gasteiger charge is 2.36. The number of thioether (sulfide) groups is 1. The Hall–Kier alpha value is -1.94. The van der Waals surface area contributed by atoms with Crippen LogP contribution in [0.4, 0.5) is 24.5 Å². The molecule has 1 saturated heterocycles. The van der Waals surface area contributed by atoms with Crippen LogP contribution in [0.1, 0.15) is 18.9 Å². The Morgan fingerprint density at radius 1 is 1.19 bits per heavy atom. The van der Waals surface area contributed by atoms with Crippen LogP contribution in [0.2, 0.25) is 15.1 Å². The fraction of sp³-hybridized carbons (Fsp3) is 0.250. The third kappa shape index (κ3) is 5.89. The van der Waals surface area contributed by atoms with Crippen LogP contribution in [0.15, 0.2) is 41.4 Å². The number of amides is 2. The summed E-state index contributed by atoms with van der Waals surface area (Å²) in [6.45, 7) is 1.94. The molecule has 0 aromatic heterocycles. The van der Waals surface area contributed by atoms with Gasteiger partial charge in [0.15, 0.2) is 5.17 Å². The molecular formula is C20H15Cl3F3N3O2S. The van der Waals surface area contributed by atoms with Gasteiger partial charge in [-0.3, -0.25) is 14.5 Å². The van der Waals surface area contributed by atoms with Crippen molar-refractivity contribution in [1.29, 1.82) is 0 Å². The third-order valence-corrected chi connectivity index (χ3v) is 6.31. The minimum absolute atomic E-state index is 0.0434. The maximum absolute atomic E-state index is 13.2. The number of nitrogens with one attached hydrogen (secondary N) is 1. The number of carbonyl (C=O) groups is 2. The Morgan fingerprint density at radius 2 is 1.84 bits per heavy atom. The van der Waals surface area contributed by atoms with Gasteiger partial charge >= 0.3 is 6.18 Å². The Bertz CT molecular complexity index is 1080. The first kappa shape index (κ1) is 24.7. The predicted molar refractivity (Wildman–Crippen MR) is 122 cm³/mol. The van der Waals surface area contributed by atoms with E-state index in [9.17, 15) is 22.8 Å². The molecule has 0 aliphatic carbocycles. The lowest BCUT2D eigenvalue weighted by molar-refractivity contribution is -0.137. The van der Waals surface area contributed by atoms with Gasteiger partial charge in [-0.2, -0.15) is 13.2 Å². The Morgan fingerprint density at radius 3 is 2.44 bits per heavy atom. The minimum Gasteiger partial charge on any atom is -0.325 e. The zero-order chi connectivity index (χ0) is 23.6. The van der Waals surface area contributed by atoms with Crippen molar-refractivity contribution in [3.63, 3.8) is 0 Å². The van der Waals surface area contributed by atoms with Crippen molar-refractivity contribution in [2.45, 2.75) is 24.8 Å². The molecule has 1 aliphatic rings. The number of carbonyl (C=O) groups excluding carboxylic acids is 2. The van der Waals surface area contributed by atoms with E-state index >= 15 is 0 Å². The summed E-state index contributed by atoms with van der Waals surface area (Å²) in [5, 5.41) is 2.10. The van der Waals surface area contributed by atoms with E-state index in [1.807, 2.05) is 0 Å². The molecule has 0 saturated carbocycles. The summed E-state index contributed by atoms with van der Waals surface area (Å²) in [4.78, 5) is 30.9. The van der Waals surface area contributed by atoms with Crippen molar-refractivity contribution in [2.24, 2.45) is 4.99 Å². The van der Waals surface area contributed by atoms with E-state index in [2.05, 4.69) is 10.3 Å². The van der Waals surface area contributed by atoms with Crippen LogP contribution in [0.5, 0.6) is 0 Å². The van der Waals surface area contributed by atoms with Crippen LogP contribution in [-0.2, 0) is 15.8 Å². The van der Waals surface area contributed by atoms with Crippen LogP contribution in [-0.4, -0.2) is 33.7 Å². The standard InChI is InChI=1S/C20H15Cl3F3N3O2S/c1-2-29-17(30)9-16(18(31)27-13-6-10(21)5-11(22)7-13)32-19(29)28-12-3-4-15(23)14(8-12)20(24,25)26/h3-8,16H,2,9H2,1H3,(H,27,31). The van der Waals surface area contributed by atoms with Gasteiger partial charge in [-0.25, -0.2) is 4.99 Å². The van der Waals surface area contributed by atoms with Crippen molar-refractivity contribution in [3.05, 3.63) is 57.0 Å². The summed E-state index contributed by atoms with van der Waals surface area (Å²) in [6.07, 6.45) is -4.76. The topological polar surface area (TPSA) is 61.8 Å². The number of rotatable bonds is 4. The van der Waals surface area contributed by atoms with E-state index in [0.717, 1.165) is 23.9 Å². The van der Waals surface area contributed by atoms with E-state index in [4.69, 9.17) is 34.8 Å². The molecule has 1 fully saturated rings. The van der Waals surface area contributed by atoms with E-state index in [-0.39, 0.29) is 29.7 Å². The van der Waals surface area contributed by atoms with Crippen molar-refractivity contribution >= 4 is 74.9 Å². The summed E-state index contributed by atoms with van der Waals surface area (Å²) in [5.41, 5.74) is -0.731. The van der Waals surface area contributed by atoms with Crippen molar-refractivity contribution in [3.8, 4) is 0 Å². The van der Waals surface area contributed by atoms with Gasteiger partial charge in [0.2, 0.25) is 11.8 Å². The fourth-order valence-electron chi connectivity index (χ4n) is 2.91. The van der Waals surface area contributed by atoms with Gasteiger partial charge in [0.25, 0.3) is 0 Å². The summed E-state index contributed by atoms with van der Waals surface area (Å²) in [6, 6.07) is 7.69. The molecule has 5 nitrogen and oxygen atoms in total. The average Bonchev–Trinajstić information content (AvgIpc) is 2.67. The molecule has 0 radical (unpaired) electrons. The number of hydrogen-bond acceptors (Lipinski definition) is 4. The van der Waals surface area contributed by atoms with Crippen molar-refractivity contribution < 1.29 is 22.8 Å². The molecule has 170 valence electrons. The second kappa shape index (κ2) is 9.91. The molecule has 1 N–H and O–H groups in total. The highest BCUT2D eigenvalue weighted by atomic mass is 35.5. The molecule has 0 spiro atoms. The second-order valence-electron chi connectivity index (χ2n) is 6.65. The lowest BCUT2D eigenvalue weighted by Crippen LogP contribution is -2.45.